The van der Waals surface area contributed by atoms with Crippen LogP contribution in [0, 0.1) is 13.8 Å². The Morgan fingerprint density at radius 2 is 1.96 bits per heavy atom. The van der Waals surface area contributed by atoms with Crippen molar-refractivity contribution in [3.05, 3.63) is 41.2 Å². The molecule has 1 aromatic carbocycles. The number of nitrogens with zero attached hydrogens (tertiary/aromatic N) is 5. The fourth-order valence-corrected chi connectivity index (χ4v) is 4.16. The quantitative estimate of drug-likeness (QED) is 0.575. The van der Waals surface area contributed by atoms with Gasteiger partial charge in [-0.1, -0.05) is 23.5 Å². The number of carbonyl (C=O) groups is 1. The van der Waals surface area contributed by atoms with Gasteiger partial charge in [0.2, 0.25) is 0 Å². The van der Waals surface area contributed by atoms with Gasteiger partial charge in [0.05, 0.1) is 10.2 Å². The molecule has 1 amide bonds. The lowest BCUT2D eigenvalue weighted by molar-refractivity contribution is 0.0980. The van der Waals surface area contributed by atoms with Crippen molar-refractivity contribution in [3.8, 4) is 0 Å². The average Bonchev–Trinajstić information content (AvgIpc) is 3.22. The first-order valence-electron chi connectivity index (χ1n) is 9.28. The molecular weight excluding hydrogens is 394 g/mol. The van der Waals surface area contributed by atoms with Crippen LogP contribution in [-0.4, -0.2) is 52.8 Å². The van der Waals surface area contributed by atoms with Crippen molar-refractivity contribution < 1.29 is 4.79 Å². The number of fused-ring (bicyclic) bond motifs is 1. The molecule has 28 heavy (non-hydrogen) atoms. The van der Waals surface area contributed by atoms with Crippen molar-refractivity contribution in [2.24, 2.45) is 0 Å². The Labute approximate surface area is 176 Å². The molecule has 0 atom stereocenters. The number of aryl methyl sites for hydroxylation is 3. The summed E-state index contributed by atoms with van der Waals surface area (Å²) in [5.41, 5.74) is 3.57. The average molecular weight is 422 g/mol. The number of amides is 1. The van der Waals surface area contributed by atoms with E-state index in [4.69, 9.17) is 4.98 Å². The lowest BCUT2D eigenvalue weighted by Crippen LogP contribution is -2.33. The number of anilines is 1. The van der Waals surface area contributed by atoms with Crippen LogP contribution in [0.25, 0.3) is 10.2 Å². The molecule has 3 rings (SSSR count). The summed E-state index contributed by atoms with van der Waals surface area (Å²) in [6, 6.07) is 8.01. The first kappa shape index (κ1) is 22.3. The number of thiazole rings is 1. The number of rotatable bonds is 7. The fraction of sp³-hybridized carbons (Fsp3) is 0.450. The molecule has 0 aliphatic carbocycles. The van der Waals surface area contributed by atoms with E-state index < -0.39 is 0 Å². The molecule has 0 saturated heterocycles. The number of hydrogen-bond acceptors (Lipinski definition) is 5. The van der Waals surface area contributed by atoms with Crippen LogP contribution < -0.4 is 4.90 Å². The minimum Gasteiger partial charge on any atom is -0.309 e. The molecule has 2 aromatic heterocycles. The van der Waals surface area contributed by atoms with E-state index in [0.717, 1.165) is 46.1 Å². The Morgan fingerprint density at radius 3 is 2.57 bits per heavy atom. The molecule has 0 fully saturated rings. The van der Waals surface area contributed by atoms with Gasteiger partial charge in [-0.15, -0.1) is 12.4 Å². The summed E-state index contributed by atoms with van der Waals surface area (Å²) in [5.74, 6) is -0.0826. The molecule has 0 spiro atoms. The van der Waals surface area contributed by atoms with Gasteiger partial charge in [0.15, 0.2) is 10.8 Å². The molecule has 8 heteroatoms. The second kappa shape index (κ2) is 9.49. The fourth-order valence-electron chi connectivity index (χ4n) is 3.09. The molecule has 0 N–H and O–H groups in total. The van der Waals surface area contributed by atoms with Crippen molar-refractivity contribution in [3.63, 3.8) is 0 Å². The van der Waals surface area contributed by atoms with Crippen molar-refractivity contribution in [2.75, 3.05) is 32.1 Å². The number of hydrogen-bond donors (Lipinski definition) is 0. The summed E-state index contributed by atoms with van der Waals surface area (Å²) in [7, 11) is 4.08. The topological polar surface area (TPSA) is 54.3 Å². The monoisotopic (exact) mass is 421 g/mol. The Kier molecular flexibility index (Phi) is 7.57. The van der Waals surface area contributed by atoms with E-state index in [9.17, 15) is 4.79 Å². The highest BCUT2D eigenvalue weighted by Gasteiger charge is 2.24. The highest BCUT2D eigenvalue weighted by atomic mass is 35.5. The number of aromatic nitrogens is 3. The highest BCUT2D eigenvalue weighted by molar-refractivity contribution is 7.22. The number of benzene rings is 1. The summed E-state index contributed by atoms with van der Waals surface area (Å²) in [5, 5.41) is 5.22. The van der Waals surface area contributed by atoms with E-state index in [1.165, 1.54) is 0 Å². The third-order valence-corrected chi connectivity index (χ3v) is 5.62. The van der Waals surface area contributed by atoms with Crippen LogP contribution in [0.4, 0.5) is 5.13 Å². The summed E-state index contributed by atoms with van der Waals surface area (Å²) in [6.07, 6.45) is 0.876. The standard InChI is InChI=1S/C20H27N5OS.ClH/c1-6-25-15(3)13-16(22-25)19(26)24(12-8-11-23(4)5)20-21-18-14(2)9-7-10-17(18)27-20;/h7,9-10,13H,6,8,11-12H2,1-5H3;1H. The first-order valence-corrected chi connectivity index (χ1v) is 10.1. The van der Waals surface area contributed by atoms with E-state index in [2.05, 4.69) is 29.1 Å². The van der Waals surface area contributed by atoms with E-state index >= 15 is 0 Å². The SMILES string of the molecule is CCn1nc(C(=O)N(CCCN(C)C)c2nc3c(C)cccc3s2)cc1C.Cl. The van der Waals surface area contributed by atoms with E-state index in [-0.39, 0.29) is 18.3 Å². The van der Waals surface area contributed by atoms with Gasteiger partial charge in [0, 0.05) is 18.8 Å². The van der Waals surface area contributed by atoms with Crippen molar-refractivity contribution >= 4 is 45.0 Å². The first-order chi connectivity index (χ1) is 12.9. The zero-order valence-corrected chi connectivity index (χ0v) is 18.7. The van der Waals surface area contributed by atoms with Crippen LogP contribution in [0.2, 0.25) is 0 Å². The molecule has 0 unspecified atom stereocenters. The molecule has 0 radical (unpaired) electrons. The van der Waals surface area contributed by atoms with Gasteiger partial charge >= 0.3 is 0 Å². The van der Waals surface area contributed by atoms with Crippen LogP contribution in [0.5, 0.6) is 0 Å². The van der Waals surface area contributed by atoms with Gasteiger partial charge in [-0.2, -0.15) is 5.10 Å². The molecule has 0 bridgehead atoms. The maximum Gasteiger partial charge on any atom is 0.280 e. The maximum atomic E-state index is 13.3. The zero-order chi connectivity index (χ0) is 19.6. The minimum atomic E-state index is -0.0826. The number of para-hydroxylation sites is 1. The Morgan fingerprint density at radius 1 is 1.21 bits per heavy atom. The second-order valence-corrected chi connectivity index (χ2v) is 8.03. The lowest BCUT2D eigenvalue weighted by atomic mass is 10.2. The highest BCUT2D eigenvalue weighted by Crippen LogP contribution is 2.31. The molecular formula is C20H28ClN5OS. The van der Waals surface area contributed by atoms with Gasteiger partial charge in [-0.05, 0) is 65.5 Å². The van der Waals surface area contributed by atoms with Crippen LogP contribution in [-0.2, 0) is 6.54 Å². The number of halogens is 1. The third-order valence-electron chi connectivity index (χ3n) is 4.57. The minimum absolute atomic E-state index is 0. The maximum absolute atomic E-state index is 13.3. The van der Waals surface area contributed by atoms with E-state index in [0.29, 0.717) is 12.2 Å². The van der Waals surface area contributed by atoms with Gasteiger partial charge in [-0.25, -0.2) is 4.98 Å². The van der Waals surface area contributed by atoms with Gasteiger partial charge in [0.1, 0.15) is 0 Å². The summed E-state index contributed by atoms with van der Waals surface area (Å²) in [4.78, 5) is 22.0. The molecule has 6 nitrogen and oxygen atoms in total. The molecule has 0 saturated carbocycles. The molecule has 152 valence electrons. The van der Waals surface area contributed by atoms with Crippen LogP contribution in [0.15, 0.2) is 24.3 Å². The Hall–Kier alpha value is -1.96. The third kappa shape index (κ3) is 4.71. The smallest absolute Gasteiger partial charge is 0.280 e. The van der Waals surface area contributed by atoms with Gasteiger partial charge in [0.25, 0.3) is 5.91 Å². The van der Waals surface area contributed by atoms with E-state index in [1.807, 2.05) is 44.8 Å². The lowest BCUT2D eigenvalue weighted by Gasteiger charge is -2.20. The van der Waals surface area contributed by atoms with Gasteiger partial charge < -0.3 is 4.90 Å². The Bertz CT molecular complexity index is 949. The number of carbonyl (C=O) groups excluding carboxylic acids is 1. The second-order valence-electron chi connectivity index (χ2n) is 7.02. The normalized spacial score (nSPS) is 11.1. The van der Waals surface area contributed by atoms with Crippen LogP contribution in [0.1, 0.15) is 35.1 Å². The Balaban J connectivity index is 0.00000280. The summed E-state index contributed by atoms with van der Waals surface area (Å²) < 4.78 is 2.96. The van der Waals surface area contributed by atoms with Crippen molar-refractivity contribution in [1.82, 2.24) is 19.7 Å². The van der Waals surface area contributed by atoms with Crippen LogP contribution >= 0.6 is 23.7 Å². The summed E-state index contributed by atoms with van der Waals surface area (Å²) >= 11 is 1.56. The van der Waals surface area contributed by atoms with E-state index in [1.54, 1.807) is 16.2 Å². The molecule has 3 aromatic rings. The predicted molar refractivity (Wildman–Crippen MR) is 119 cm³/mol. The molecule has 2 heterocycles. The zero-order valence-electron chi connectivity index (χ0n) is 17.1. The predicted octanol–water partition coefficient (Wildman–Crippen LogP) is 4.15. The largest absolute Gasteiger partial charge is 0.309 e. The van der Waals surface area contributed by atoms with Crippen molar-refractivity contribution in [1.29, 1.82) is 0 Å². The van der Waals surface area contributed by atoms with Gasteiger partial charge in [-0.3, -0.25) is 14.4 Å². The van der Waals surface area contributed by atoms with Crippen molar-refractivity contribution in [2.45, 2.75) is 33.7 Å². The van der Waals surface area contributed by atoms with Crippen LogP contribution in [0.3, 0.4) is 0 Å². The summed E-state index contributed by atoms with van der Waals surface area (Å²) in [6.45, 7) is 8.34. The molecule has 0 aliphatic rings. The molecule has 0 aliphatic heterocycles.